The van der Waals surface area contributed by atoms with Gasteiger partial charge in [-0.2, -0.15) is 0 Å². The molecule has 7 heteroatoms. The molecule has 198 valence electrons. The molecule has 0 bridgehead atoms. The molecule has 2 heterocycles. The van der Waals surface area contributed by atoms with Gasteiger partial charge in [0.15, 0.2) is 4.80 Å². The average Bonchev–Trinajstić information content (AvgIpc) is 3.28. The summed E-state index contributed by atoms with van der Waals surface area (Å²) in [6, 6.07) is 21.8. The topological polar surface area (TPSA) is 67.1 Å². The molecule has 0 saturated heterocycles. The molecule has 0 fully saturated rings. The summed E-state index contributed by atoms with van der Waals surface area (Å²) in [5, 5.41) is 10.8. The third-order valence-electron chi connectivity index (χ3n) is 7.73. The first kappa shape index (κ1) is 25.2. The molecule has 3 aromatic carbocycles. The first-order valence-corrected chi connectivity index (χ1v) is 14.2. The lowest BCUT2D eigenvalue weighted by Gasteiger charge is -2.30. The Morgan fingerprint density at radius 3 is 2.56 bits per heavy atom. The number of methoxy groups -OCH3 is 1. The zero-order valence-electron chi connectivity index (χ0n) is 22.3. The minimum atomic E-state index is -0.253. The van der Waals surface area contributed by atoms with Crippen LogP contribution in [0.25, 0.3) is 11.8 Å². The first-order chi connectivity index (χ1) is 19.0. The second-order valence-corrected chi connectivity index (χ2v) is 10.8. The molecular formula is C32H31N3O3S. The zero-order valence-corrected chi connectivity index (χ0v) is 23.2. The predicted molar refractivity (Wildman–Crippen MR) is 157 cm³/mol. The second-order valence-electron chi connectivity index (χ2n) is 9.80. The zero-order chi connectivity index (χ0) is 27.1. The number of phenolic OH excluding ortho intramolecular Hbond substituents is 1. The van der Waals surface area contributed by atoms with Gasteiger partial charge in [-0.25, -0.2) is 4.99 Å². The van der Waals surface area contributed by atoms with Crippen LogP contribution < -0.4 is 24.5 Å². The van der Waals surface area contributed by atoms with Gasteiger partial charge in [0.1, 0.15) is 11.5 Å². The van der Waals surface area contributed by atoms with Crippen LogP contribution >= 0.6 is 11.3 Å². The molecule has 1 aliphatic carbocycles. The highest BCUT2D eigenvalue weighted by Crippen LogP contribution is 2.41. The predicted octanol–water partition coefficient (Wildman–Crippen LogP) is 4.88. The third kappa shape index (κ3) is 4.36. The van der Waals surface area contributed by atoms with E-state index in [4.69, 9.17) is 9.73 Å². The summed E-state index contributed by atoms with van der Waals surface area (Å²) in [6.45, 7) is 5.89. The SMILES string of the molecule is CCN(CC)c1ccc(/C=c2\sc3n(c2=O)[C@@H](c2ccc(OC)cc2)C2=C(N=3)c3ccccc3CC2)c(O)c1. The molecule has 0 spiro atoms. The molecule has 6 nitrogen and oxygen atoms in total. The number of phenols is 1. The fourth-order valence-electron chi connectivity index (χ4n) is 5.69. The van der Waals surface area contributed by atoms with E-state index in [9.17, 15) is 9.90 Å². The average molecular weight is 538 g/mol. The highest BCUT2D eigenvalue weighted by atomic mass is 32.1. The fourth-order valence-corrected chi connectivity index (χ4v) is 6.68. The van der Waals surface area contributed by atoms with E-state index in [2.05, 4.69) is 36.9 Å². The summed E-state index contributed by atoms with van der Waals surface area (Å²) in [5.41, 5.74) is 7.05. The number of rotatable bonds is 6. The molecule has 0 unspecified atom stereocenters. The van der Waals surface area contributed by atoms with E-state index in [-0.39, 0.29) is 17.4 Å². The van der Waals surface area contributed by atoms with Crippen LogP contribution in [0.3, 0.4) is 0 Å². The lowest BCUT2D eigenvalue weighted by Crippen LogP contribution is -2.38. The number of aromatic nitrogens is 1. The highest BCUT2D eigenvalue weighted by Gasteiger charge is 2.32. The van der Waals surface area contributed by atoms with E-state index >= 15 is 0 Å². The summed E-state index contributed by atoms with van der Waals surface area (Å²) in [4.78, 5) is 21.9. The minimum absolute atomic E-state index is 0.0998. The van der Waals surface area contributed by atoms with Crippen molar-refractivity contribution in [2.45, 2.75) is 32.7 Å². The van der Waals surface area contributed by atoms with Gasteiger partial charge >= 0.3 is 0 Å². The van der Waals surface area contributed by atoms with E-state index < -0.39 is 0 Å². The molecule has 1 aliphatic heterocycles. The van der Waals surface area contributed by atoms with Gasteiger partial charge in [0.25, 0.3) is 5.56 Å². The lowest BCUT2D eigenvalue weighted by molar-refractivity contribution is 0.414. The van der Waals surface area contributed by atoms with Gasteiger partial charge in [-0.15, -0.1) is 0 Å². The van der Waals surface area contributed by atoms with Crippen molar-refractivity contribution in [2.75, 3.05) is 25.1 Å². The summed E-state index contributed by atoms with van der Waals surface area (Å²) in [5.74, 6) is 0.933. The lowest BCUT2D eigenvalue weighted by atomic mass is 9.83. The minimum Gasteiger partial charge on any atom is -0.507 e. The van der Waals surface area contributed by atoms with E-state index in [1.165, 1.54) is 16.9 Å². The fraction of sp³-hybridized carbons (Fsp3) is 0.250. The maximum absolute atomic E-state index is 14.0. The molecule has 0 saturated carbocycles. The molecule has 4 aromatic rings. The molecule has 1 atom stereocenters. The number of thiazole rings is 1. The Morgan fingerprint density at radius 1 is 1.08 bits per heavy atom. The van der Waals surface area contributed by atoms with Crippen molar-refractivity contribution >= 4 is 28.8 Å². The highest BCUT2D eigenvalue weighted by molar-refractivity contribution is 7.07. The Labute approximate surface area is 231 Å². The van der Waals surface area contributed by atoms with Crippen molar-refractivity contribution in [2.24, 2.45) is 4.99 Å². The van der Waals surface area contributed by atoms with Crippen LogP contribution in [0.15, 0.2) is 82.1 Å². The maximum atomic E-state index is 14.0. The Morgan fingerprint density at radius 2 is 1.85 bits per heavy atom. The Kier molecular flexibility index (Phi) is 6.61. The largest absolute Gasteiger partial charge is 0.507 e. The molecule has 2 aliphatic rings. The van der Waals surface area contributed by atoms with Crippen LogP contribution in [0.1, 0.15) is 48.6 Å². The summed E-state index contributed by atoms with van der Waals surface area (Å²) in [7, 11) is 1.65. The first-order valence-electron chi connectivity index (χ1n) is 13.4. The van der Waals surface area contributed by atoms with Gasteiger partial charge < -0.3 is 14.7 Å². The van der Waals surface area contributed by atoms with E-state index in [0.717, 1.165) is 59.8 Å². The molecular weight excluding hydrogens is 506 g/mol. The summed E-state index contributed by atoms with van der Waals surface area (Å²) >= 11 is 1.37. The van der Waals surface area contributed by atoms with Crippen molar-refractivity contribution in [1.82, 2.24) is 4.57 Å². The van der Waals surface area contributed by atoms with Gasteiger partial charge in [0, 0.05) is 36.0 Å². The number of nitrogens with zero attached hydrogens (tertiary/aromatic N) is 3. The third-order valence-corrected chi connectivity index (χ3v) is 8.72. The molecule has 6 rings (SSSR count). The standard InChI is InChI=1S/C32H31N3O3S/c1-4-34(5-2)23-14-10-22(27(36)19-23)18-28-31(37)35-30(21-11-15-24(38-3)16-12-21)26-17-13-20-8-6-7-9-25(20)29(26)33-32(35)39-28/h6-12,14-16,18-19,30,36H,4-5,13,17H2,1-3H3/b28-18-/t30-/m0/s1. The van der Waals surface area contributed by atoms with Crippen LogP contribution in [0, 0.1) is 0 Å². The van der Waals surface area contributed by atoms with Crippen LogP contribution in [-0.2, 0) is 6.42 Å². The smallest absolute Gasteiger partial charge is 0.271 e. The summed E-state index contributed by atoms with van der Waals surface area (Å²) < 4.78 is 7.77. The Bertz CT molecular complexity index is 1760. The maximum Gasteiger partial charge on any atom is 0.271 e. The Hall–Kier alpha value is -4.10. The van der Waals surface area contributed by atoms with E-state index in [0.29, 0.717) is 14.9 Å². The number of aromatic hydroxyl groups is 1. The number of fused-ring (bicyclic) bond motifs is 3. The van der Waals surface area contributed by atoms with Crippen LogP contribution in [0.4, 0.5) is 5.69 Å². The molecule has 0 amide bonds. The molecule has 0 radical (unpaired) electrons. The molecule has 1 N–H and O–H groups in total. The van der Waals surface area contributed by atoms with Crippen molar-refractivity contribution < 1.29 is 9.84 Å². The van der Waals surface area contributed by atoms with Crippen molar-refractivity contribution in [3.05, 3.63) is 114 Å². The van der Waals surface area contributed by atoms with Crippen molar-refractivity contribution in [3.8, 4) is 11.5 Å². The van der Waals surface area contributed by atoms with Gasteiger partial charge in [-0.3, -0.25) is 9.36 Å². The van der Waals surface area contributed by atoms with E-state index in [1.807, 2.05) is 47.0 Å². The number of ether oxygens (including phenoxy) is 1. The van der Waals surface area contributed by atoms with Gasteiger partial charge in [-0.1, -0.05) is 47.7 Å². The molecule has 39 heavy (non-hydrogen) atoms. The quantitative estimate of drug-likeness (QED) is 0.381. The summed E-state index contributed by atoms with van der Waals surface area (Å²) in [6.07, 6.45) is 3.53. The van der Waals surface area contributed by atoms with Crippen LogP contribution in [0.2, 0.25) is 0 Å². The number of hydrogen-bond acceptors (Lipinski definition) is 6. The molecule has 1 aromatic heterocycles. The van der Waals surface area contributed by atoms with Gasteiger partial charge in [-0.05, 0) is 73.7 Å². The number of anilines is 1. The number of aryl methyl sites for hydroxylation is 1. The van der Waals surface area contributed by atoms with Crippen molar-refractivity contribution in [3.63, 3.8) is 0 Å². The van der Waals surface area contributed by atoms with E-state index in [1.54, 1.807) is 19.3 Å². The van der Waals surface area contributed by atoms with Gasteiger partial charge in [0.2, 0.25) is 0 Å². The van der Waals surface area contributed by atoms with Gasteiger partial charge in [0.05, 0.1) is 23.4 Å². The number of allylic oxidation sites excluding steroid dienone is 1. The van der Waals surface area contributed by atoms with Crippen LogP contribution in [-0.4, -0.2) is 29.9 Å². The number of hydrogen-bond donors (Lipinski definition) is 1. The van der Waals surface area contributed by atoms with Crippen LogP contribution in [0.5, 0.6) is 11.5 Å². The second kappa shape index (κ2) is 10.2. The Balaban J connectivity index is 1.53. The van der Waals surface area contributed by atoms with Crippen molar-refractivity contribution in [1.29, 1.82) is 0 Å². The normalized spacial score (nSPS) is 16.3. The monoisotopic (exact) mass is 537 g/mol. The number of benzene rings is 3.